The predicted octanol–water partition coefficient (Wildman–Crippen LogP) is -0.406. The van der Waals surface area contributed by atoms with Crippen molar-refractivity contribution in [3.05, 3.63) is 0 Å². The number of rotatable bonds is 19. The Kier molecular flexibility index (Phi) is 25.0. The molecule has 53 heavy (non-hydrogen) atoms. The summed E-state index contributed by atoms with van der Waals surface area (Å²) in [7, 11) is 0. The molecule has 0 aliphatic carbocycles. The second-order valence-electron chi connectivity index (χ2n) is 10.7. The fourth-order valence-electron chi connectivity index (χ4n) is 3.86. The molecular formula is C33H56O20. The van der Waals surface area contributed by atoms with Gasteiger partial charge in [0.05, 0.1) is 72.7 Å². The Balaban J connectivity index is 0. The molecule has 0 unspecified atom stereocenters. The van der Waals surface area contributed by atoms with E-state index >= 15 is 0 Å². The van der Waals surface area contributed by atoms with E-state index in [1.54, 1.807) is 55.4 Å². The van der Waals surface area contributed by atoms with Crippen molar-refractivity contribution >= 4 is 41.8 Å². The SMILES string of the molecule is CCOC(=O)C(CO)(CO)C(=O)OCC.CCOC(=O)C(CO)(COC(C)=O)C(=O)OCC.CCOC(=O)C1(C(=O)OCC)COC(C)(OCC)OC1. The Hall–Kier alpha value is -3.95. The fourth-order valence-corrected chi connectivity index (χ4v) is 3.86. The summed E-state index contributed by atoms with van der Waals surface area (Å²) in [4.78, 5) is 81.2. The van der Waals surface area contributed by atoms with Crippen molar-refractivity contribution in [3.63, 3.8) is 0 Å². The lowest BCUT2D eigenvalue weighted by molar-refractivity contribution is -0.403. The Morgan fingerprint density at radius 1 is 0.528 bits per heavy atom. The van der Waals surface area contributed by atoms with E-state index in [9.17, 15) is 38.7 Å². The molecule has 0 aromatic carbocycles. The van der Waals surface area contributed by atoms with Crippen LogP contribution >= 0.6 is 0 Å². The third-order valence-electron chi connectivity index (χ3n) is 6.90. The first kappa shape index (κ1) is 51.2. The molecule has 0 bridgehead atoms. The first-order valence-corrected chi connectivity index (χ1v) is 16.9. The van der Waals surface area contributed by atoms with Crippen LogP contribution in [0.5, 0.6) is 0 Å². The molecule has 3 N–H and O–H groups in total. The Labute approximate surface area is 308 Å². The summed E-state index contributed by atoms with van der Waals surface area (Å²) in [5, 5.41) is 27.3. The van der Waals surface area contributed by atoms with Gasteiger partial charge in [0, 0.05) is 20.5 Å². The molecule has 0 aromatic rings. The smallest absolute Gasteiger partial charge is 0.329 e. The van der Waals surface area contributed by atoms with E-state index in [1.807, 2.05) is 0 Å². The number of carbonyl (C=O) groups is 7. The van der Waals surface area contributed by atoms with E-state index in [2.05, 4.69) is 14.2 Å². The molecule has 0 aromatic heterocycles. The third kappa shape index (κ3) is 14.8. The molecule has 1 aliphatic rings. The quantitative estimate of drug-likeness (QED) is 0.0855. The fraction of sp³-hybridized carbons (Fsp3) is 0.788. The zero-order chi connectivity index (χ0) is 41.3. The Bertz CT molecular complexity index is 1100. The molecule has 1 saturated heterocycles. The summed E-state index contributed by atoms with van der Waals surface area (Å²) in [5.74, 6) is -7.28. The van der Waals surface area contributed by atoms with Gasteiger partial charge in [0.25, 0.3) is 5.97 Å². The van der Waals surface area contributed by atoms with Crippen LogP contribution in [0.3, 0.4) is 0 Å². The molecule has 1 heterocycles. The van der Waals surface area contributed by atoms with Crippen LogP contribution in [-0.2, 0) is 80.9 Å². The Morgan fingerprint density at radius 2 is 0.849 bits per heavy atom. The van der Waals surface area contributed by atoms with Crippen molar-refractivity contribution in [1.82, 2.24) is 0 Å². The van der Waals surface area contributed by atoms with E-state index < -0.39 is 90.4 Å². The average Bonchev–Trinajstić information content (AvgIpc) is 3.11. The lowest BCUT2D eigenvalue weighted by Gasteiger charge is -2.40. The van der Waals surface area contributed by atoms with Crippen molar-refractivity contribution in [1.29, 1.82) is 0 Å². The largest absolute Gasteiger partial charge is 0.465 e. The first-order chi connectivity index (χ1) is 25.0. The van der Waals surface area contributed by atoms with Gasteiger partial charge in [-0.25, -0.2) is 0 Å². The zero-order valence-electron chi connectivity index (χ0n) is 32.0. The van der Waals surface area contributed by atoms with Crippen molar-refractivity contribution in [2.45, 2.75) is 68.3 Å². The van der Waals surface area contributed by atoms with Gasteiger partial charge in [0.15, 0.2) is 0 Å². The normalized spacial score (nSPS) is 14.3. The van der Waals surface area contributed by atoms with Crippen LogP contribution in [0.4, 0.5) is 0 Å². The van der Waals surface area contributed by atoms with E-state index in [4.69, 9.17) is 43.4 Å². The topological polar surface area (TPSA) is 272 Å². The average molecular weight is 773 g/mol. The van der Waals surface area contributed by atoms with Crippen LogP contribution in [0.1, 0.15) is 62.3 Å². The van der Waals surface area contributed by atoms with Gasteiger partial charge in [0.1, 0.15) is 6.61 Å². The van der Waals surface area contributed by atoms with Crippen molar-refractivity contribution in [2.75, 3.05) is 85.9 Å². The molecule has 0 spiro atoms. The molecule has 0 saturated carbocycles. The number of hydrogen-bond donors (Lipinski definition) is 3. The van der Waals surface area contributed by atoms with Crippen LogP contribution in [0.15, 0.2) is 0 Å². The molecule has 308 valence electrons. The van der Waals surface area contributed by atoms with Crippen LogP contribution in [0.2, 0.25) is 0 Å². The lowest BCUT2D eigenvalue weighted by atomic mass is 9.89. The summed E-state index contributed by atoms with van der Waals surface area (Å²) < 4.78 is 49.2. The van der Waals surface area contributed by atoms with Gasteiger partial charge in [-0.1, -0.05) is 0 Å². The number of carbonyl (C=O) groups excluding carboxylic acids is 7. The predicted molar refractivity (Wildman–Crippen MR) is 177 cm³/mol. The second-order valence-corrected chi connectivity index (χ2v) is 10.7. The molecule has 0 atom stereocenters. The van der Waals surface area contributed by atoms with Gasteiger partial charge < -0.3 is 62.7 Å². The highest BCUT2D eigenvalue weighted by Gasteiger charge is 2.56. The van der Waals surface area contributed by atoms with Crippen LogP contribution in [-0.4, -0.2) is 149 Å². The summed E-state index contributed by atoms with van der Waals surface area (Å²) in [6.45, 7) is 11.3. The lowest BCUT2D eigenvalue weighted by Crippen LogP contribution is -2.57. The van der Waals surface area contributed by atoms with Crippen LogP contribution < -0.4 is 0 Å². The number of hydrogen-bond acceptors (Lipinski definition) is 20. The van der Waals surface area contributed by atoms with Crippen molar-refractivity contribution in [3.8, 4) is 0 Å². The van der Waals surface area contributed by atoms with Crippen LogP contribution in [0, 0.1) is 16.2 Å². The maximum Gasteiger partial charge on any atom is 0.329 e. The number of aliphatic hydroxyl groups is 3. The molecule has 0 amide bonds. The van der Waals surface area contributed by atoms with E-state index in [-0.39, 0.29) is 52.9 Å². The molecule has 1 rings (SSSR count). The Morgan fingerprint density at radius 3 is 1.11 bits per heavy atom. The molecule has 1 fully saturated rings. The van der Waals surface area contributed by atoms with E-state index in [1.165, 1.54) is 0 Å². The summed E-state index contributed by atoms with van der Waals surface area (Å²) in [6, 6.07) is 0. The number of esters is 7. The number of aliphatic hydroxyl groups excluding tert-OH is 3. The first-order valence-electron chi connectivity index (χ1n) is 16.9. The summed E-state index contributed by atoms with van der Waals surface area (Å²) in [5.41, 5.74) is -5.62. The van der Waals surface area contributed by atoms with E-state index in [0.717, 1.165) is 6.92 Å². The molecular weight excluding hydrogens is 716 g/mol. The summed E-state index contributed by atoms with van der Waals surface area (Å²) >= 11 is 0. The van der Waals surface area contributed by atoms with Gasteiger partial charge in [-0.05, 0) is 48.5 Å². The highest BCUT2D eigenvalue weighted by molar-refractivity contribution is 6.01. The van der Waals surface area contributed by atoms with Gasteiger partial charge in [-0.15, -0.1) is 0 Å². The minimum absolute atomic E-state index is 0.0278. The molecule has 0 radical (unpaired) electrons. The van der Waals surface area contributed by atoms with Crippen molar-refractivity contribution in [2.24, 2.45) is 16.2 Å². The van der Waals surface area contributed by atoms with Gasteiger partial charge in [-0.3, -0.25) is 33.6 Å². The molecule has 20 nitrogen and oxygen atoms in total. The van der Waals surface area contributed by atoms with Crippen molar-refractivity contribution < 1.29 is 96.2 Å². The second kappa shape index (κ2) is 25.9. The monoisotopic (exact) mass is 772 g/mol. The van der Waals surface area contributed by atoms with Gasteiger partial charge in [-0.2, -0.15) is 0 Å². The standard InChI is InChI=1S/C13H22O7.C11H18O7.C9H16O6/c1-5-16-10(14)13(11(15)17-6-2)8-19-12(4,18-7-3)20-9-13;1-4-16-9(14)11(6-12,7-18-8(3)13)10(15)17-5-2;1-3-14-7(12)9(5-10,6-11)8(13)15-4-2/h5-9H2,1-4H3;12H,4-7H2,1-3H3;10-11H,3-6H2,1-2H3. The minimum Gasteiger partial charge on any atom is -0.465 e. The van der Waals surface area contributed by atoms with Crippen LogP contribution in [0.25, 0.3) is 0 Å². The summed E-state index contributed by atoms with van der Waals surface area (Å²) in [6.07, 6.45) is 0. The zero-order valence-corrected chi connectivity index (χ0v) is 32.0. The van der Waals surface area contributed by atoms with Gasteiger partial charge >= 0.3 is 41.8 Å². The van der Waals surface area contributed by atoms with E-state index in [0.29, 0.717) is 6.61 Å². The third-order valence-corrected chi connectivity index (χ3v) is 6.90. The molecule has 1 aliphatic heterocycles. The maximum atomic E-state index is 12.1. The van der Waals surface area contributed by atoms with Gasteiger partial charge in [0.2, 0.25) is 16.2 Å². The highest BCUT2D eigenvalue weighted by Crippen LogP contribution is 2.33. The highest BCUT2D eigenvalue weighted by atomic mass is 16.9. The minimum atomic E-state index is -2.02. The molecule has 20 heteroatoms. The number of ether oxygens (including phenoxy) is 10. The maximum absolute atomic E-state index is 12.1.